The number of carbonyl (C=O) groups excluding carboxylic acids is 3. The van der Waals surface area contributed by atoms with E-state index in [-0.39, 0.29) is 5.75 Å². The number of nitrogens with one attached hydrogen (secondary N) is 1. The van der Waals surface area contributed by atoms with Crippen molar-refractivity contribution >= 4 is 35.7 Å². The molecule has 10 heteroatoms. The first-order chi connectivity index (χ1) is 15.4. The number of hydrogen-bond donors (Lipinski definition) is 2. The highest BCUT2D eigenvalue weighted by Crippen LogP contribution is 2.13. The maximum Gasteiger partial charge on any atom is 0.323 e. The SMILES string of the molecule is CC(C)=CCC/C(C)=C/CC/C(C)=C/CSC[C@H](NC(=O)N(CC(=O)[O-])CC(=O)O)C(=O)[O-]. The number of thioether (sulfide) groups is 1. The molecule has 0 rings (SSSR count). The van der Waals surface area contributed by atoms with Crippen molar-refractivity contribution in [1.29, 1.82) is 0 Å². The molecule has 33 heavy (non-hydrogen) atoms. The zero-order valence-corrected chi connectivity index (χ0v) is 20.5. The van der Waals surface area contributed by atoms with Crippen LogP contribution < -0.4 is 15.5 Å². The fourth-order valence-electron chi connectivity index (χ4n) is 2.65. The second-order valence-corrected chi connectivity index (χ2v) is 9.02. The molecule has 0 bridgehead atoms. The standard InChI is InChI=1S/C23H36N2O7S/c1-16(2)7-5-8-17(3)9-6-10-18(4)11-12-33-15-19(22(30)31)24-23(32)25(13-20(26)27)14-21(28)29/h7,9,11,19H,5-6,8,10,12-15H2,1-4H3,(H,24,32)(H,26,27)(H,28,29)(H,30,31)/p-2/b17-9+,18-11+/t19-/m0/s1. The first-order valence-corrected chi connectivity index (χ1v) is 11.8. The lowest BCUT2D eigenvalue weighted by Crippen LogP contribution is -2.55. The first-order valence-electron chi connectivity index (χ1n) is 10.6. The molecule has 0 heterocycles. The zero-order chi connectivity index (χ0) is 25.4. The van der Waals surface area contributed by atoms with Gasteiger partial charge in [0.05, 0.1) is 24.5 Å². The highest BCUT2D eigenvalue weighted by atomic mass is 32.2. The van der Waals surface area contributed by atoms with Crippen molar-refractivity contribution in [2.24, 2.45) is 0 Å². The van der Waals surface area contributed by atoms with E-state index in [1.54, 1.807) is 0 Å². The van der Waals surface area contributed by atoms with Crippen LogP contribution >= 0.6 is 11.8 Å². The zero-order valence-electron chi connectivity index (χ0n) is 19.7. The van der Waals surface area contributed by atoms with Gasteiger partial charge in [-0.2, -0.15) is 11.8 Å². The molecule has 0 aliphatic carbocycles. The Bertz CT molecular complexity index is 755. The third kappa shape index (κ3) is 16.5. The Kier molecular flexibility index (Phi) is 15.4. The molecular weight excluding hydrogens is 448 g/mol. The topological polar surface area (TPSA) is 150 Å². The minimum Gasteiger partial charge on any atom is -0.548 e. The summed E-state index contributed by atoms with van der Waals surface area (Å²) in [5.74, 6) is -4.15. The van der Waals surface area contributed by atoms with E-state index in [1.807, 2.05) is 13.0 Å². The molecule has 0 fully saturated rings. The van der Waals surface area contributed by atoms with Crippen LogP contribution in [-0.2, 0) is 14.4 Å². The number of carbonyl (C=O) groups is 4. The van der Waals surface area contributed by atoms with E-state index < -0.39 is 43.1 Å². The molecule has 0 aromatic carbocycles. The molecule has 9 nitrogen and oxygen atoms in total. The molecule has 0 radical (unpaired) electrons. The first kappa shape index (κ1) is 30.2. The Labute approximate surface area is 199 Å². The number of carboxylic acids is 3. The van der Waals surface area contributed by atoms with Gasteiger partial charge in [-0.05, 0) is 53.4 Å². The van der Waals surface area contributed by atoms with Gasteiger partial charge in [0.25, 0.3) is 0 Å². The van der Waals surface area contributed by atoms with Gasteiger partial charge in [-0.3, -0.25) is 4.79 Å². The summed E-state index contributed by atoms with van der Waals surface area (Å²) in [7, 11) is 0. The molecule has 0 saturated carbocycles. The van der Waals surface area contributed by atoms with Crippen LogP contribution in [0.2, 0.25) is 0 Å². The van der Waals surface area contributed by atoms with Gasteiger partial charge in [0.15, 0.2) is 0 Å². The third-order valence-electron chi connectivity index (χ3n) is 4.47. The summed E-state index contributed by atoms with van der Waals surface area (Å²) in [6.45, 7) is 6.40. The lowest BCUT2D eigenvalue weighted by atomic mass is 10.1. The average molecular weight is 483 g/mol. The van der Waals surface area contributed by atoms with E-state index in [0.717, 1.165) is 31.3 Å². The smallest absolute Gasteiger partial charge is 0.323 e. The highest BCUT2D eigenvalue weighted by molar-refractivity contribution is 7.99. The van der Waals surface area contributed by atoms with Gasteiger partial charge in [-0.15, -0.1) is 0 Å². The van der Waals surface area contributed by atoms with E-state index in [9.17, 15) is 29.4 Å². The van der Waals surface area contributed by atoms with Crippen molar-refractivity contribution in [3.63, 3.8) is 0 Å². The Morgan fingerprint density at radius 1 is 0.939 bits per heavy atom. The van der Waals surface area contributed by atoms with Crippen LogP contribution in [-0.4, -0.2) is 64.6 Å². The summed E-state index contributed by atoms with van der Waals surface area (Å²) < 4.78 is 0. The molecule has 0 aliphatic heterocycles. The summed E-state index contributed by atoms with van der Waals surface area (Å²) in [6.07, 6.45) is 10.3. The van der Waals surface area contributed by atoms with Gasteiger partial charge >= 0.3 is 12.0 Å². The second kappa shape index (κ2) is 16.8. The van der Waals surface area contributed by atoms with Gasteiger partial charge in [0.1, 0.15) is 6.54 Å². The molecule has 186 valence electrons. The summed E-state index contributed by atoms with van der Waals surface area (Å²) in [5, 5.41) is 32.9. The fourth-order valence-corrected chi connectivity index (χ4v) is 3.65. The predicted molar refractivity (Wildman–Crippen MR) is 124 cm³/mol. The molecule has 2 amide bonds. The maximum atomic E-state index is 12.1. The summed E-state index contributed by atoms with van der Waals surface area (Å²) in [5.41, 5.74) is 3.82. The minimum atomic E-state index is -1.66. The van der Waals surface area contributed by atoms with Crippen LogP contribution in [0.15, 0.2) is 34.9 Å². The van der Waals surface area contributed by atoms with Gasteiger partial charge in [0.2, 0.25) is 0 Å². The van der Waals surface area contributed by atoms with Crippen molar-refractivity contribution < 1.29 is 34.5 Å². The molecule has 0 aliphatic rings. The van der Waals surface area contributed by atoms with Gasteiger partial charge in [-0.25, -0.2) is 4.79 Å². The minimum absolute atomic E-state index is 0.0204. The summed E-state index contributed by atoms with van der Waals surface area (Å²) in [6, 6.07) is -2.53. The van der Waals surface area contributed by atoms with E-state index in [0.29, 0.717) is 10.7 Å². The van der Waals surface area contributed by atoms with Crippen molar-refractivity contribution in [1.82, 2.24) is 10.2 Å². The summed E-state index contributed by atoms with van der Waals surface area (Å²) >= 11 is 1.26. The largest absolute Gasteiger partial charge is 0.548 e. The van der Waals surface area contributed by atoms with Crippen molar-refractivity contribution in [2.75, 3.05) is 24.6 Å². The number of urea groups is 1. The number of rotatable bonds is 16. The number of allylic oxidation sites excluding steroid dienone is 5. The maximum absolute atomic E-state index is 12.1. The Hall–Kier alpha value is -2.75. The van der Waals surface area contributed by atoms with Crippen LogP contribution in [0.4, 0.5) is 4.79 Å². The van der Waals surface area contributed by atoms with Crippen LogP contribution in [0, 0.1) is 0 Å². The van der Waals surface area contributed by atoms with Crippen molar-refractivity contribution in [3.05, 3.63) is 34.9 Å². The van der Waals surface area contributed by atoms with Crippen molar-refractivity contribution in [2.45, 2.75) is 59.4 Å². The number of nitrogens with zero attached hydrogens (tertiary/aromatic N) is 1. The molecule has 0 saturated heterocycles. The number of amides is 2. The van der Waals surface area contributed by atoms with Gasteiger partial charge < -0.3 is 35.1 Å². The van der Waals surface area contributed by atoms with E-state index in [2.05, 4.69) is 38.2 Å². The van der Waals surface area contributed by atoms with E-state index in [4.69, 9.17) is 5.11 Å². The molecule has 2 N–H and O–H groups in total. The molecule has 0 aromatic heterocycles. The fraction of sp³-hybridized carbons (Fsp3) is 0.565. The lowest BCUT2D eigenvalue weighted by molar-refractivity contribution is -0.307. The van der Waals surface area contributed by atoms with Gasteiger partial charge in [-0.1, -0.05) is 34.9 Å². The highest BCUT2D eigenvalue weighted by Gasteiger charge is 2.21. The Morgan fingerprint density at radius 3 is 2.03 bits per heavy atom. The number of hydrogen-bond acceptors (Lipinski definition) is 7. The second-order valence-electron chi connectivity index (χ2n) is 7.94. The van der Waals surface area contributed by atoms with Crippen LogP contribution in [0.25, 0.3) is 0 Å². The molecule has 0 aromatic rings. The molecule has 0 unspecified atom stereocenters. The van der Waals surface area contributed by atoms with E-state index in [1.165, 1.54) is 22.9 Å². The molecule has 0 spiro atoms. The summed E-state index contributed by atoms with van der Waals surface area (Å²) in [4.78, 5) is 45.3. The number of aliphatic carboxylic acids is 3. The lowest BCUT2D eigenvalue weighted by Gasteiger charge is -2.26. The monoisotopic (exact) mass is 482 g/mol. The Balaban J connectivity index is 4.56. The number of carboxylic acid groups (broad SMARTS) is 3. The molecule has 1 atom stereocenters. The van der Waals surface area contributed by atoms with Crippen molar-refractivity contribution in [3.8, 4) is 0 Å². The third-order valence-corrected chi connectivity index (χ3v) is 5.44. The normalized spacial score (nSPS) is 12.6. The van der Waals surface area contributed by atoms with Crippen LogP contribution in [0.5, 0.6) is 0 Å². The average Bonchev–Trinajstić information content (AvgIpc) is 2.68. The van der Waals surface area contributed by atoms with Gasteiger partial charge in [0, 0.05) is 11.5 Å². The van der Waals surface area contributed by atoms with Crippen LogP contribution in [0.3, 0.4) is 0 Å². The Morgan fingerprint density at radius 2 is 1.52 bits per heavy atom. The predicted octanol–water partition coefficient (Wildman–Crippen LogP) is 1.10. The quantitative estimate of drug-likeness (QED) is 0.245. The van der Waals surface area contributed by atoms with E-state index >= 15 is 0 Å². The molecular formula is C23H34N2O7S-2. The van der Waals surface area contributed by atoms with Crippen LogP contribution in [0.1, 0.15) is 53.4 Å².